The van der Waals surface area contributed by atoms with Crippen LogP contribution in [0.5, 0.6) is 0 Å². The van der Waals surface area contributed by atoms with Crippen LogP contribution in [0.4, 0.5) is 5.82 Å². The summed E-state index contributed by atoms with van der Waals surface area (Å²) in [7, 11) is 3.53. The third kappa shape index (κ3) is 3.83. The molecule has 0 spiro atoms. The maximum atomic E-state index is 5.07. The van der Waals surface area contributed by atoms with E-state index in [-0.39, 0.29) is 0 Å². The highest BCUT2D eigenvalue weighted by Gasteiger charge is 2.05. The third-order valence-corrected chi connectivity index (χ3v) is 1.96. The van der Waals surface area contributed by atoms with Crippen LogP contribution in [0, 0.1) is 5.92 Å². The van der Waals surface area contributed by atoms with Gasteiger partial charge in [-0.05, 0) is 5.92 Å². The minimum atomic E-state index is 0.530. The van der Waals surface area contributed by atoms with E-state index in [4.69, 9.17) is 4.74 Å². The van der Waals surface area contributed by atoms with Crippen LogP contribution in [0.2, 0.25) is 0 Å². The topological polar surface area (TPSA) is 47.0 Å². The fraction of sp³-hybridized carbons (Fsp3) is 0.636. The van der Waals surface area contributed by atoms with Gasteiger partial charge < -0.3 is 10.1 Å². The lowest BCUT2D eigenvalue weighted by Gasteiger charge is -2.08. The number of ether oxygens (including phenoxy) is 1. The lowest BCUT2D eigenvalue weighted by molar-refractivity contribution is 0.181. The Hall–Kier alpha value is -1.16. The second kappa shape index (κ2) is 5.66. The summed E-state index contributed by atoms with van der Waals surface area (Å²) in [5.41, 5.74) is 0.924. The van der Waals surface area contributed by atoms with Crippen LogP contribution in [-0.2, 0) is 17.8 Å². The fourth-order valence-corrected chi connectivity index (χ4v) is 1.36. The maximum Gasteiger partial charge on any atom is 0.131 e. The van der Waals surface area contributed by atoms with Crippen LogP contribution in [0.3, 0.4) is 0 Å². The summed E-state index contributed by atoms with van der Waals surface area (Å²) in [5.74, 6) is 2.30. The first-order valence-electron chi connectivity index (χ1n) is 5.19. The predicted octanol–water partition coefficient (Wildman–Crippen LogP) is 1.86. The molecule has 15 heavy (non-hydrogen) atoms. The first kappa shape index (κ1) is 11.9. The van der Waals surface area contributed by atoms with Crippen molar-refractivity contribution in [1.82, 2.24) is 9.97 Å². The third-order valence-electron chi connectivity index (χ3n) is 1.96. The molecule has 0 aliphatic heterocycles. The molecule has 0 atom stereocenters. The van der Waals surface area contributed by atoms with Crippen LogP contribution in [0.15, 0.2) is 6.07 Å². The van der Waals surface area contributed by atoms with Gasteiger partial charge >= 0.3 is 0 Å². The van der Waals surface area contributed by atoms with E-state index in [0.29, 0.717) is 12.5 Å². The standard InChI is InChI=1S/C11H19N3O/c1-8(2)5-11-13-9(7-15-4)6-10(12-3)14-11/h6,8H,5,7H2,1-4H3,(H,12,13,14). The molecule has 0 unspecified atom stereocenters. The molecule has 4 heteroatoms. The molecule has 0 aromatic carbocycles. The molecule has 1 heterocycles. The molecule has 84 valence electrons. The summed E-state index contributed by atoms with van der Waals surface area (Å²) in [6, 6.07) is 1.91. The van der Waals surface area contributed by atoms with Crippen molar-refractivity contribution in [3.05, 3.63) is 17.6 Å². The van der Waals surface area contributed by atoms with Crippen LogP contribution in [-0.4, -0.2) is 24.1 Å². The Balaban J connectivity index is 2.89. The number of hydrogen-bond donors (Lipinski definition) is 1. The Labute approximate surface area is 91.1 Å². The van der Waals surface area contributed by atoms with Gasteiger partial charge in [0.05, 0.1) is 12.3 Å². The van der Waals surface area contributed by atoms with Gasteiger partial charge in [0.25, 0.3) is 0 Å². The van der Waals surface area contributed by atoms with Crippen LogP contribution < -0.4 is 5.32 Å². The van der Waals surface area contributed by atoms with E-state index < -0.39 is 0 Å². The molecule has 4 nitrogen and oxygen atoms in total. The number of anilines is 1. The number of rotatable bonds is 5. The van der Waals surface area contributed by atoms with Gasteiger partial charge in [0, 0.05) is 26.6 Å². The monoisotopic (exact) mass is 209 g/mol. The first-order valence-corrected chi connectivity index (χ1v) is 5.19. The molecule has 0 fully saturated rings. The van der Waals surface area contributed by atoms with Crippen molar-refractivity contribution in [2.75, 3.05) is 19.5 Å². The van der Waals surface area contributed by atoms with Gasteiger partial charge in [0.15, 0.2) is 0 Å². The van der Waals surface area contributed by atoms with Crippen molar-refractivity contribution in [3.8, 4) is 0 Å². The molecule has 1 N–H and O–H groups in total. The van der Waals surface area contributed by atoms with Crippen molar-refractivity contribution >= 4 is 5.82 Å². The van der Waals surface area contributed by atoms with Gasteiger partial charge in [-0.15, -0.1) is 0 Å². The lowest BCUT2D eigenvalue weighted by Crippen LogP contribution is -2.07. The minimum absolute atomic E-state index is 0.530. The van der Waals surface area contributed by atoms with Crippen LogP contribution >= 0.6 is 0 Å². The Morgan fingerprint density at radius 2 is 2.13 bits per heavy atom. The minimum Gasteiger partial charge on any atom is -0.378 e. The molecule has 0 radical (unpaired) electrons. The van der Waals surface area contributed by atoms with Gasteiger partial charge in [0.2, 0.25) is 0 Å². The summed E-state index contributed by atoms with van der Waals surface area (Å²) in [5, 5.41) is 3.03. The summed E-state index contributed by atoms with van der Waals surface area (Å²) < 4.78 is 5.07. The average molecular weight is 209 g/mol. The molecule has 1 aromatic rings. The second-order valence-corrected chi connectivity index (χ2v) is 3.94. The molecular weight excluding hydrogens is 190 g/mol. The molecule has 1 rings (SSSR count). The van der Waals surface area contributed by atoms with Gasteiger partial charge in [-0.1, -0.05) is 13.8 Å². The Kier molecular flexibility index (Phi) is 4.49. The number of nitrogens with one attached hydrogen (secondary N) is 1. The summed E-state index contributed by atoms with van der Waals surface area (Å²) in [6.07, 6.45) is 0.895. The molecule has 0 saturated heterocycles. The molecule has 0 amide bonds. The van der Waals surface area contributed by atoms with Gasteiger partial charge in [-0.2, -0.15) is 0 Å². The van der Waals surface area contributed by atoms with Crippen molar-refractivity contribution in [2.24, 2.45) is 5.92 Å². The zero-order chi connectivity index (χ0) is 11.3. The van der Waals surface area contributed by atoms with Crippen molar-refractivity contribution in [1.29, 1.82) is 0 Å². The smallest absolute Gasteiger partial charge is 0.131 e. The fourth-order valence-electron chi connectivity index (χ4n) is 1.36. The zero-order valence-corrected chi connectivity index (χ0v) is 9.87. The van der Waals surface area contributed by atoms with Gasteiger partial charge in [0.1, 0.15) is 11.6 Å². The Bertz CT molecular complexity index is 313. The Morgan fingerprint density at radius 3 is 2.67 bits per heavy atom. The molecule has 0 bridgehead atoms. The van der Waals surface area contributed by atoms with Crippen molar-refractivity contribution < 1.29 is 4.74 Å². The number of aromatic nitrogens is 2. The lowest BCUT2D eigenvalue weighted by atomic mass is 10.1. The highest BCUT2D eigenvalue weighted by Crippen LogP contribution is 2.10. The van der Waals surface area contributed by atoms with E-state index in [1.165, 1.54) is 0 Å². The molecule has 1 aromatic heterocycles. The number of hydrogen-bond acceptors (Lipinski definition) is 4. The number of nitrogens with zero attached hydrogens (tertiary/aromatic N) is 2. The van der Waals surface area contributed by atoms with Crippen molar-refractivity contribution in [3.63, 3.8) is 0 Å². The van der Waals surface area contributed by atoms with E-state index in [0.717, 1.165) is 23.8 Å². The summed E-state index contributed by atoms with van der Waals surface area (Å²) in [6.45, 7) is 4.85. The number of methoxy groups -OCH3 is 1. The quantitative estimate of drug-likeness (QED) is 0.804. The summed E-state index contributed by atoms with van der Waals surface area (Å²) >= 11 is 0. The van der Waals surface area contributed by atoms with Gasteiger partial charge in [-0.25, -0.2) is 9.97 Å². The normalized spacial score (nSPS) is 10.7. The highest BCUT2D eigenvalue weighted by molar-refractivity contribution is 5.35. The van der Waals surface area contributed by atoms with Crippen LogP contribution in [0.1, 0.15) is 25.4 Å². The second-order valence-electron chi connectivity index (χ2n) is 3.94. The molecule has 0 aliphatic carbocycles. The maximum absolute atomic E-state index is 5.07. The first-order chi connectivity index (χ1) is 7.15. The highest BCUT2D eigenvalue weighted by atomic mass is 16.5. The Morgan fingerprint density at radius 1 is 1.40 bits per heavy atom. The van der Waals surface area contributed by atoms with E-state index in [1.54, 1.807) is 7.11 Å². The van der Waals surface area contributed by atoms with E-state index in [2.05, 4.69) is 29.1 Å². The molecular formula is C11H19N3O. The zero-order valence-electron chi connectivity index (χ0n) is 9.87. The van der Waals surface area contributed by atoms with E-state index in [1.807, 2.05) is 13.1 Å². The van der Waals surface area contributed by atoms with Crippen LogP contribution in [0.25, 0.3) is 0 Å². The van der Waals surface area contributed by atoms with Crippen molar-refractivity contribution in [2.45, 2.75) is 26.9 Å². The van der Waals surface area contributed by atoms with E-state index >= 15 is 0 Å². The SMILES string of the molecule is CNc1cc(COC)nc(CC(C)C)n1. The average Bonchev–Trinajstić information content (AvgIpc) is 2.16. The largest absolute Gasteiger partial charge is 0.378 e. The molecule has 0 aliphatic rings. The molecule has 0 saturated carbocycles. The predicted molar refractivity (Wildman–Crippen MR) is 60.8 cm³/mol. The van der Waals surface area contributed by atoms with E-state index in [9.17, 15) is 0 Å². The summed E-state index contributed by atoms with van der Waals surface area (Å²) in [4.78, 5) is 8.83. The van der Waals surface area contributed by atoms with Gasteiger partial charge in [-0.3, -0.25) is 0 Å².